The second-order valence-corrected chi connectivity index (χ2v) is 15.5. The van der Waals surface area contributed by atoms with Gasteiger partial charge in [-0.3, -0.25) is 14.5 Å². The van der Waals surface area contributed by atoms with Crippen LogP contribution in [0, 0.1) is 5.92 Å². The van der Waals surface area contributed by atoms with Crippen LogP contribution in [0.1, 0.15) is 24.5 Å². The Labute approximate surface area is 246 Å². The number of fused-ring (bicyclic) bond motifs is 2. The highest BCUT2D eigenvalue weighted by atomic mass is 28.4. The number of cyclic esters (lactones) is 1. The molecule has 0 unspecified atom stereocenters. The van der Waals surface area contributed by atoms with E-state index in [4.69, 9.17) is 9.47 Å². The first-order valence-electron chi connectivity index (χ1n) is 14.3. The molecule has 3 amide bonds. The predicted octanol–water partition coefficient (Wildman–Crippen LogP) is 4.36. The number of carbonyl (C=O) groups is 3. The molecule has 3 heterocycles. The first-order chi connectivity index (χ1) is 20.0. The Kier molecular flexibility index (Phi) is 8.28. The molecule has 0 aliphatic carbocycles. The predicted molar refractivity (Wildman–Crippen MR) is 159 cm³/mol. The number of hydrogen-bond acceptors (Lipinski definition) is 6. The third-order valence-corrected chi connectivity index (χ3v) is 11.1. The fourth-order valence-corrected chi connectivity index (χ4v) is 9.35. The summed E-state index contributed by atoms with van der Waals surface area (Å²) in [7, 11) is -3.50. The SMILES string of the molecule is C=CCN1C(=O)[C@]2(O[C@H](CC(=O)N(CCO)Cc3ccccc3)[C@@H]([Si](C)(C)F)[C@@H]2C)c2cc(N3CCOC3=O)ccc21. The van der Waals surface area contributed by atoms with Crippen molar-refractivity contribution >= 4 is 37.7 Å². The summed E-state index contributed by atoms with van der Waals surface area (Å²) in [6.07, 6.45) is 0.149. The van der Waals surface area contributed by atoms with E-state index in [1.807, 2.05) is 37.3 Å². The molecule has 1 N–H and O–H groups in total. The Hall–Kier alpha value is -3.54. The number of benzene rings is 2. The molecule has 0 saturated carbocycles. The van der Waals surface area contributed by atoms with Crippen molar-refractivity contribution in [2.24, 2.45) is 5.92 Å². The largest absolute Gasteiger partial charge is 0.447 e. The smallest absolute Gasteiger partial charge is 0.414 e. The monoisotopic (exact) mass is 595 g/mol. The topological polar surface area (TPSA) is 99.6 Å². The van der Waals surface area contributed by atoms with Crippen LogP contribution in [0.2, 0.25) is 18.6 Å². The van der Waals surface area contributed by atoms with Gasteiger partial charge in [-0.15, -0.1) is 6.58 Å². The summed E-state index contributed by atoms with van der Waals surface area (Å²) in [6.45, 7) is 9.85. The zero-order chi connectivity index (χ0) is 30.2. The summed E-state index contributed by atoms with van der Waals surface area (Å²) in [4.78, 5) is 45.0. The molecular weight excluding hydrogens is 557 g/mol. The van der Waals surface area contributed by atoms with Crippen molar-refractivity contribution in [1.29, 1.82) is 0 Å². The van der Waals surface area contributed by atoms with Crippen molar-refractivity contribution in [3.05, 3.63) is 72.3 Å². The maximum atomic E-state index is 16.2. The maximum Gasteiger partial charge on any atom is 0.414 e. The van der Waals surface area contributed by atoms with E-state index >= 15 is 4.11 Å². The average Bonchev–Trinajstić information content (AvgIpc) is 3.58. The minimum absolute atomic E-state index is 0.117. The number of ether oxygens (including phenoxy) is 2. The Morgan fingerprint density at radius 3 is 2.60 bits per heavy atom. The molecule has 224 valence electrons. The van der Waals surface area contributed by atoms with E-state index in [0.29, 0.717) is 30.0 Å². The molecular formula is C31H38FN3O6Si. The van der Waals surface area contributed by atoms with E-state index in [1.54, 1.807) is 47.2 Å². The normalized spacial score (nSPS) is 25.2. The fourth-order valence-electron chi connectivity index (χ4n) is 6.86. The zero-order valence-corrected chi connectivity index (χ0v) is 25.3. The molecule has 1 spiro atoms. The number of carbonyl (C=O) groups excluding carboxylic acids is 3. The molecule has 4 atom stereocenters. The van der Waals surface area contributed by atoms with Gasteiger partial charge >= 0.3 is 6.09 Å². The molecule has 11 heteroatoms. The van der Waals surface area contributed by atoms with Crippen molar-refractivity contribution in [3.63, 3.8) is 0 Å². The lowest BCUT2D eigenvalue weighted by Gasteiger charge is -2.31. The van der Waals surface area contributed by atoms with E-state index in [0.717, 1.165) is 5.56 Å². The molecule has 0 bridgehead atoms. The summed E-state index contributed by atoms with van der Waals surface area (Å²) in [5.74, 6) is -1.21. The van der Waals surface area contributed by atoms with Crippen LogP contribution in [-0.2, 0) is 31.2 Å². The van der Waals surface area contributed by atoms with Gasteiger partial charge in [-0.05, 0) is 36.9 Å². The second kappa shape index (κ2) is 11.6. The minimum atomic E-state index is -3.50. The van der Waals surface area contributed by atoms with E-state index in [9.17, 15) is 19.5 Å². The molecule has 9 nitrogen and oxygen atoms in total. The summed E-state index contributed by atoms with van der Waals surface area (Å²) in [5.41, 5.74) is 0.415. The third-order valence-electron chi connectivity index (χ3n) is 8.64. The molecule has 5 rings (SSSR count). The van der Waals surface area contributed by atoms with E-state index < -0.39 is 37.7 Å². The lowest BCUT2D eigenvalue weighted by molar-refractivity contribution is -0.149. The average molecular weight is 596 g/mol. The molecule has 0 aromatic heterocycles. The first-order valence-corrected chi connectivity index (χ1v) is 17.3. The molecule has 42 heavy (non-hydrogen) atoms. The van der Waals surface area contributed by atoms with Crippen LogP contribution in [0.4, 0.5) is 20.3 Å². The molecule has 2 saturated heterocycles. The van der Waals surface area contributed by atoms with Crippen LogP contribution in [-0.4, -0.2) is 75.3 Å². The van der Waals surface area contributed by atoms with Crippen LogP contribution in [0.15, 0.2) is 61.2 Å². The van der Waals surface area contributed by atoms with Crippen molar-refractivity contribution in [1.82, 2.24) is 4.90 Å². The highest BCUT2D eigenvalue weighted by Crippen LogP contribution is 2.60. The summed E-state index contributed by atoms with van der Waals surface area (Å²) < 4.78 is 28.0. The van der Waals surface area contributed by atoms with Gasteiger partial charge in [0, 0.05) is 42.3 Å². The van der Waals surface area contributed by atoms with E-state index in [1.165, 1.54) is 4.90 Å². The standard InChI is InChI=1S/C31H38FN3O6Si/c1-5-13-35-25-12-11-23(34-15-17-40-30(34)39)18-24(25)31(29(35)38)21(2)28(42(3,4)32)26(41-31)19-27(37)33(14-16-36)20-22-9-7-6-8-10-22/h5-12,18,21,26,28,36H,1,13-17,19-20H2,2-4H3/t21-,26+,28-,31+/m0/s1. The molecule has 2 fully saturated rings. The van der Waals surface area contributed by atoms with Crippen LogP contribution in [0.3, 0.4) is 0 Å². The summed E-state index contributed by atoms with van der Waals surface area (Å²) in [6, 6.07) is 14.7. The Bertz CT molecular complexity index is 1370. The second-order valence-electron chi connectivity index (χ2n) is 11.7. The van der Waals surface area contributed by atoms with Crippen LogP contribution < -0.4 is 9.80 Å². The van der Waals surface area contributed by atoms with Gasteiger partial charge in [0.15, 0.2) is 5.60 Å². The van der Waals surface area contributed by atoms with Gasteiger partial charge in [-0.25, -0.2) is 4.79 Å². The van der Waals surface area contributed by atoms with Crippen LogP contribution in [0.5, 0.6) is 0 Å². The number of anilines is 2. The Morgan fingerprint density at radius 2 is 1.98 bits per heavy atom. The highest BCUT2D eigenvalue weighted by molar-refractivity contribution is 6.72. The van der Waals surface area contributed by atoms with E-state index in [2.05, 4.69) is 6.58 Å². The van der Waals surface area contributed by atoms with Crippen molar-refractivity contribution in [2.45, 2.75) is 50.2 Å². The van der Waals surface area contributed by atoms with Crippen LogP contribution >= 0.6 is 0 Å². The number of aliphatic hydroxyl groups is 1. The third kappa shape index (κ3) is 5.14. The lowest BCUT2D eigenvalue weighted by Crippen LogP contribution is -2.45. The number of rotatable bonds is 10. The zero-order valence-electron chi connectivity index (χ0n) is 24.3. The van der Waals surface area contributed by atoms with E-state index in [-0.39, 0.29) is 44.5 Å². The number of aliphatic hydroxyl groups excluding tert-OH is 1. The quantitative estimate of drug-likeness (QED) is 0.249. The van der Waals surface area contributed by atoms with Crippen molar-refractivity contribution in [3.8, 4) is 0 Å². The van der Waals surface area contributed by atoms with Gasteiger partial charge in [0.1, 0.15) is 6.61 Å². The summed E-state index contributed by atoms with van der Waals surface area (Å²) >= 11 is 0. The van der Waals surface area contributed by atoms with Crippen LogP contribution in [0.25, 0.3) is 0 Å². The number of nitrogens with zero attached hydrogens (tertiary/aromatic N) is 3. The molecule has 2 aromatic carbocycles. The van der Waals surface area contributed by atoms with Gasteiger partial charge in [0.25, 0.3) is 5.91 Å². The molecule has 3 aliphatic rings. The van der Waals surface area contributed by atoms with Gasteiger partial charge in [0.2, 0.25) is 14.3 Å². The first kappa shape index (κ1) is 29.9. The van der Waals surface area contributed by atoms with Crippen molar-refractivity contribution in [2.75, 3.05) is 42.6 Å². The van der Waals surface area contributed by atoms with Gasteiger partial charge in [-0.2, -0.15) is 0 Å². The van der Waals surface area contributed by atoms with Gasteiger partial charge < -0.3 is 28.5 Å². The summed E-state index contributed by atoms with van der Waals surface area (Å²) in [5, 5.41) is 9.70. The number of amides is 3. The number of hydrogen-bond donors (Lipinski definition) is 1. The van der Waals surface area contributed by atoms with Gasteiger partial charge in [-0.1, -0.05) is 43.3 Å². The number of halogens is 1. The molecule has 3 aliphatic heterocycles. The lowest BCUT2D eigenvalue weighted by atomic mass is 9.82. The maximum absolute atomic E-state index is 16.2. The molecule has 0 radical (unpaired) electrons. The Balaban J connectivity index is 1.53. The Morgan fingerprint density at radius 1 is 1.24 bits per heavy atom. The fraction of sp³-hybridized carbons (Fsp3) is 0.452. The molecule has 2 aromatic rings. The van der Waals surface area contributed by atoms with Gasteiger partial charge in [0.05, 0.1) is 31.4 Å². The minimum Gasteiger partial charge on any atom is -0.447 e. The van der Waals surface area contributed by atoms with Crippen molar-refractivity contribution < 1.29 is 33.1 Å². The highest BCUT2D eigenvalue weighted by Gasteiger charge is 2.67.